The quantitative estimate of drug-likeness (QED) is 0.915. The number of methoxy groups -OCH3 is 1. The van der Waals surface area contributed by atoms with Crippen LogP contribution in [0.4, 0.5) is 6.01 Å². The van der Waals surface area contributed by atoms with Crippen LogP contribution in [-0.2, 0) is 4.74 Å². The van der Waals surface area contributed by atoms with Crippen molar-refractivity contribution >= 4 is 23.0 Å². The van der Waals surface area contributed by atoms with Crippen molar-refractivity contribution in [3.63, 3.8) is 0 Å². The number of rotatable bonds is 4. The second kappa shape index (κ2) is 5.13. The number of nitrogens with zero attached hydrogens (tertiary/aromatic N) is 2. The van der Waals surface area contributed by atoms with E-state index in [1.807, 2.05) is 0 Å². The van der Waals surface area contributed by atoms with Crippen LogP contribution in [0.5, 0.6) is 0 Å². The first-order valence-electron chi connectivity index (χ1n) is 6.65. The summed E-state index contributed by atoms with van der Waals surface area (Å²) in [6.45, 7) is 1.56. The minimum Gasteiger partial charge on any atom is -0.423 e. The smallest absolute Gasteiger partial charge is 0.298 e. The van der Waals surface area contributed by atoms with Crippen LogP contribution in [-0.4, -0.2) is 37.2 Å². The summed E-state index contributed by atoms with van der Waals surface area (Å²) in [5, 5.41) is 0. The molecule has 20 heavy (non-hydrogen) atoms. The normalized spacial score (nSPS) is 18.9. The van der Waals surface area contributed by atoms with E-state index in [2.05, 4.69) is 9.88 Å². The van der Waals surface area contributed by atoms with Gasteiger partial charge in [-0.15, -0.1) is 0 Å². The van der Waals surface area contributed by atoms with Crippen LogP contribution in [0.2, 0.25) is 0 Å². The van der Waals surface area contributed by atoms with Crippen molar-refractivity contribution in [3.05, 3.63) is 23.8 Å². The molecule has 6 heteroatoms. The van der Waals surface area contributed by atoms with E-state index in [-0.39, 0.29) is 0 Å². The summed E-state index contributed by atoms with van der Waals surface area (Å²) in [5.74, 6) is -0.463. The predicted molar refractivity (Wildman–Crippen MR) is 74.8 cm³/mol. The molecule has 0 radical (unpaired) electrons. The number of aromatic nitrogens is 1. The lowest BCUT2D eigenvalue weighted by molar-refractivity contribution is 0.100. The van der Waals surface area contributed by atoms with Crippen LogP contribution in [0, 0.1) is 0 Å². The van der Waals surface area contributed by atoms with Gasteiger partial charge >= 0.3 is 0 Å². The minimum atomic E-state index is -0.463. The van der Waals surface area contributed by atoms with E-state index < -0.39 is 5.91 Å². The Balaban J connectivity index is 1.94. The third-order valence-electron chi connectivity index (χ3n) is 3.64. The van der Waals surface area contributed by atoms with Crippen LogP contribution < -0.4 is 10.6 Å². The van der Waals surface area contributed by atoms with Gasteiger partial charge in [0, 0.05) is 19.2 Å². The summed E-state index contributed by atoms with van der Waals surface area (Å²) >= 11 is 0. The third-order valence-corrected chi connectivity index (χ3v) is 3.64. The van der Waals surface area contributed by atoms with Crippen molar-refractivity contribution < 1.29 is 13.9 Å². The number of carbonyl (C=O) groups is 1. The van der Waals surface area contributed by atoms with E-state index in [0.29, 0.717) is 35.3 Å². The molecule has 2 aromatic rings. The third kappa shape index (κ3) is 2.22. The average Bonchev–Trinajstić information content (AvgIpc) is 3.03. The van der Waals surface area contributed by atoms with Crippen molar-refractivity contribution in [3.8, 4) is 0 Å². The molecule has 0 bridgehead atoms. The van der Waals surface area contributed by atoms with Crippen molar-refractivity contribution in [1.29, 1.82) is 0 Å². The van der Waals surface area contributed by atoms with E-state index in [0.717, 1.165) is 19.4 Å². The Morgan fingerprint density at radius 1 is 1.60 bits per heavy atom. The number of ether oxygens (including phenoxy) is 1. The fourth-order valence-electron chi connectivity index (χ4n) is 2.64. The highest BCUT2D eigenvalue weighted by Gasteiger charge is 2.28. The highest BCUT2D eigenvalue weighted by Crippen LogP contribution is 2.28. The second-order valence-electron chi connectivity index (χ2n) is 4.99. The zero-order valence-electron chi connectivity index (χ0n) is 11.3. The molecular formula is C14H17N3O3. The molecule has 0 spiro atoms. The summed E-state index contributed by atoms with van der Waals surface area (Å²) < 4.78 is 11.0. The molecule has 6 nitrogen and oxygen atoms in total. The molecule has 1 amide bonds. The predicted octanol–water partition coefficient (Wildman–Crippen LogP) is 1.54. The number of nitrogens with two attached hydrogens (primary N) is 1. The monoisotopic (exact) mass is 275 g/mol. The van der Waals surface area contributed by atoms with Crippen molar-refractivity contribution in [1.82, 2.24) is 4.98 Å². The number of hydrogen-bond acceptors (Lipinski definition) is 5. The zero-order valence-corrected chi connectivity index (χ0v) is 11.3. The number of anilines is 1. The molecule has 2 N–H and O–H groups in total. The average molecular weight is 275 g/mol. The van der Waals surface area contributed by atoms with Gasteiger partial charge in [0.1, 0.15) is 5.52 Å². The van der Waals surface area contributed by atoms with Crippen LogP contribution >= 0.6 is 0 Å². The number of hydrogen-bond donors (Lipinski definition) is 1. The first-order valence-corrected chi connectivity index (χ1v) is 6.65. The van der Waals surface area contributed by atoms with Gasteiger partial charge in [0.15, 0.2) is 5.58 Å². The van der Waals surface area contributed by atoms with E-state index in [1.165, 1.54) is 0 Å². The molecule has 1 aromatic heterocycles. The summed E-state index contributed by atoms with van der Waals surface area (Å²) in [6.07, 6.45) is 2.17. The van der Waals surface area contributed by atoms with E-state index in [9.17, 15) is 4.79 Å². The number of carbonyl (C=O) groups excluding carboxylic acids is 1. The molecule has 0 saturated carbocycles. The molecular weight excluding hydrogens is 258 g/mol. The number of amides is 1. The summed E-state index contributed by atoms with van der Waals surface area (Å²) in [7, 11) is 1.70. The van der Waals surface area contributed by atoms with E-state index >= 15 is 0 Å². The van der Waals surface area contributed by atoms with E-state index in [4.69, 9.17) is 14.9 Å². The largest absolute Gasteiger partial charge is 0.423 e. The number of oxazole rings is 1. The Morgan fingerprint density at radius 3 is 3.20 bits per heavy atom. The molecule has 1 aliphatic heterocycles. The summed E-state index contributed by atoms with van der Waals surface area (Å²) in [4.78, 5) is 17.8. The lowest BCUT2D eigenvalue weighted by atomic mass is 10.2. The molecule has 1 fully saturated rings. The Hall–Kier alpha value is -2.08. The fourth-order valence-corrected chi connectivity index (χ4v) is 2.64. The van der Waals surface area contributed by atoms with Crippen LogP contribution in [0.25, 0.3) is 11.1 Å². The van der Waals surface area contributed by atoms with Crippen molar-refractivity contribution in [2.45, 2.75) is 18.9 Å². The first-order chi connectivity index (χ1) is 9.69. The molecule has 1 saturated heterocycles. The van der Waals surface area contributed by atoms with Gasteiger partial charge in [0.05, 0.1) is 12.6 Å². The molecule has 1 aromatic carbocycles. The maximum Gasteiger partial charge on any atom is 0.298 e. The lowest BCUT2D eigenvalue weighted by Gasteiger charge is -2.21. The fraction of sp³-hybridized carbons (Fsp3) is 0.429. The standard InChI is InChI=1S/C14H17N3O3/c1-19-8-10-3-2-6-17(10)14-16-11-7-9(13(15)18)4-5-12(11)20-14/h4-5,7,10H,2-3,6,8H2,1H3,(H2,15,18). The van der Waals surface area contributed by atoms with Gasteiger partial charge in [-0.2, -0.15) is 4.98 Å². The lowest BCUT2D eigenvalue weighted by Crippen LogP contribution is -2.32. The maximum atomic E-state index is 11.2. The van der Waals surface area contributed by atoms with Gasteiger partial charge in [-0.25, -0.2) is 0 Å². The van der Waals surface area contributed by atoms with Gasteiger partial charge in [-0.3, -0.25) is 4.79 Å². The molecule has 3 rings (SSSR count). The molecule has 1 aliphatic rings. The van der Waals surface area contributed by atoms with Crippen molar-refractivity contribution in [2.24, 2.45) is 5.73 Å². The van der Waals surface area contributed by atoms with Gasteiger partial charge in [-0.1, -0.05) is 0 Å². The van der Waals surface area contributed by atoms with Crippen LogP contribution in [0.15, 0.2) is 22.6 Å². The highest BCUT2D eigenvalue weighted by molar-refractivity contribution is 5.96. The Bertz CT molecular complexity index is 638. The van der Waals surface area contributed by atoms with Crippen molar-refractivity contribution in [2.75, 3.05) is 25.2 Å². The summed E-state index contributed by atoms with van der Waals surface area (Å²) in [5.41, 5.74) is 7.02. The molecule has 2 heterocycles. The van der Waals surface area contributed by atoms with Gasteiger partial charge in [0.2, 0.25) is 5.91 Å². The highest BCUT2D eigenvalue weighted by atomic mass is 16.5. The number of fused-ring (bicyclic) bond motifs is 1. The Morgan fingerprint density at radius 2 is 2.45 bits per heavy atom. The SMILES string of the molecule is COCC1CCCN1c1nc2cc(C(N)=O)ccc2o1. The zero-order chi connectivity index (χ0) is 14.1. The number of primary amides is 1. The first kappa shape index (κ1) is 12.9. The van der Waals surface area contributed by atoms with E-state index in [1.54, 1.807) is 25.3 Å². The molecule has 1 unspecified atom stereocenters. The van der Waals surface area contributed by atoms with Gasteiger partial charge in [0.25, 0.3) is 6.01 Å². The molecule has 1 atom stereocenters. The second-order valence-corrected chi connectivity index (χ2v) is 4.99. The number of benzene rings is 1. The molecule has 0 aliphatic carbocycles. The van der Waals surface area contributed by atoms with Gasteiger partial charge in [-0.05, 0) is 31.0 Å². The molecule has 106 valence electrons. The van der Waals surface area contributed by atoms with Crippen LogP contribution in [0.1, 0.15) is 23.2 Å². The van der Waals surface area contributed by atoms with Crippen LogP contribution in [0.3, 0.4) is 0 Å². The Labute approximate surface area is 116 Å². The topological polar surface area (TPSA) is 81.6 Å². The van der Waals surface area contributed by atoms with Gasteiger partial charge < -0.3 is 19.8 Å². The maximum absolute atomic E-state index is 11.2. The Kier molecular flexibility index (Phi) is 3.31. The summed E-state index contributed by atoms with van der Waals surface area (Å²) in [6, 6.07) is 5.92. The minimum absolute atomic E-state index is 0.295.